The molecule has 4 rings (SSSR count). The van der Waals surface area contributed by atoms with Gasteiger partial charge in [0.1, 0.15) is 0 Å². The lowest BCUT2D eigenvalue weighted by Crippen LogP contribution is -2.19. The Bertz CT molecular complexity index is 1100. The molecule has 0 spiro atoms. The summed E-state index contributed by atoms with van der Waals surface area (Å²) in [5, 5.41) is 14.0. The average molecular weight is 467 g/mol. The number of nitrogens with one attached hydrogen (secondary N) is 4. The summed E-state index contributed by atoms with van der Waals surface area (Å²) in [4.78, 5) is 0. The molecule has 4 aromatic rings. The highest BCUT2D eigenvalue weighted by Gasteiger charge is 2.01. The fraction of sp³-hybridized carbons (Fsp3) is 0.138. The van der Waals surface area contributed by atoms with Gasteiger partial charge in [0, 0.05) is 35.8 Å². The van der Waals surface area contributed by atoms with Crippen molar-refractivity contribution in [2.75, 3.05) is 21.3 Å². The van der Waals surface area contributed by atoms with Crippen molar-refractivity contribution in [3.8, 4) is 0 Å². The summed E-state index contributed by atoms with van der Waals surface area (Å²) in [6.45, 7) is 5.73. The predicted octanol–water partition coefficient (Wildman–Crippen LogP) is 7.34. The molecule has 0 bridgehead atoms. The van der Waals surface area contributed by atoms with Crippen molar-refractivity contribution in [2.24, 2.45) is 0 Å². The van der Waals surface area contributed by atoms with Crippen LogP contribution >= 0.6 is 12.2 Å². The van der Waals surface area contributed by atoms with Gasteiger partial charge in [-0.25, -0.2) is 0 Å². The van der Waals surface area contributed by atoms with E-state index in [0.717, 1.165) is 35.8 Å². The smallest absolute Gasteiger partial charge is 0.175 e. The van der Waals surface area contributed by atoms with Crippen LogP contribution in [0.2, 0.25) is 0 Å². The summed E-state index contributed by atoms with van der Waals surface area (Å²) in [5.41, 5.74) is 9.09. The van der Waals surface area contributed by atoms with Crippen molar-refractivity contribution in [2.45, 2.75) is 26.9 Å². The van der Waals surface area contributed by atoms with E-state index in [-0.39, 0.29) is 0 Å². The summed E-state index contributed by atoms with van der Waals surface area (Å²) in [6.07, 6.45) is 0. The van der Waals surface area contributed by atoms with E-state index in [0.29, 0.717) is 5.11 Å². The molecule has 0 unspecified atom stereocenters. The van der Waals surface area contributed by atoms with Crippen LogP contribution in [0.15, 0.2) is 97.1 Å². The van der Waals surface area contributed by atoms with Gasteiger partial charge in [0.05, 0.1) is 0 Å². The molecule has 0 aromatic heterocycles. The first-order chi connectivity index (χ1) is 16.5. The van der Waals surface area contributed by atoms with Crippen LogP contribution in [0.5, 0.6) is 0 Å². The highest BCUT2D eigenvalue weighted by atomic mass is 32.1. The number of anilines is 4. The number of thiocarbonyl (C=S) groups is 1. The summed E-state index contributed by atoms with van der Waals surface area (Å²) in [5.74, 6) is 0. The topological polar surface area (TPSA) is 48.1 Å². The van der Waals surface area contributed by atoms with E-state index in [4.69, 9.17) is 12.2 Å². The second kappa shape index (κ2) is 11.3. The molecule has 4 N–H and O–H groups in total. The van der Waals surface area contributed by atoms with Crippen molar-refractivity contribution >= 4 is 40.1 Å². The Kier molecular flexibility index (Phi) is 7.79. The minimum absolute atomic E-state index is 0.566. The number of benzene rings is 4. The van der Waals surface area contributed by atoms with Gasteiger partial charge >= 0.3 is 0 Å². The zero-order valence-electron chi connectivity index (χ0n) is 19.6. The monoisotopic (exact) mass is 466 g/mol. The van der Waals surface area contributed by atoms with E-state index in [1.54, 1.807) is 0 Å². The Balaban J connectivity index is 1.22. The lowest BCUT2D eigenvalue weighted by Gasteiger charge is -2.12. The van der Waals surface area contributed by atoms with Gasteiger partial charge in [0.15, 0.2) is 5.11 Å². The second-order valence-electron chi connectivity index (χ2n) is 8.41. The van der Waals surface area contributed by atoms with Gasteiger partial charge < -0.3 is 21.3 Å². The second-order valence-corrected chi connectivity index (χ2v) is 8.82. The third-order valence-corrected chi connectivity index (χ3v) is 5.72. The van der Waals surface area contributed by atoms with Crippen LogP contribution in [0.4, 0.5) is 22.7 Å². The molecule has 172 valence electrons. The van der Waals surface area contributed by atoms with Gasteiger partial charge in [-0.1, -0.05) is 59.7 Å². The molecular formula is C29H30N4S. The van der Waals surface area contributed by atoms with Gasteiger partial charge in [0.2, 0.25) is 0 Å². The van der Waals surface area contributed by atoms with Crippen molar-refractivity contribution in [3.05, 3.63) is 119 Å². The highest BCUT2D eigenvalue weighted by molar-refractivity contribution is 7.80. The van der Waals surface area contributed by atoms with Crippen molar-refractivity contribution in [3.63, 3.8) is 0 Å². The number of aryl methyl sites for hydroxylation is 2. The molecule has 0 saturated carbocycles. The van der Waals surface area contributed by atoms with Gasteiger partial charge in [-0.05, 0) is 85.7 Å². The van der Waals surface area contributed by atoms with Crippen LogP contribution in [-0.2, 0) is 13.1 Å². The number of rotatable bonds is 8. The normalized spacial score (nSPS) is 10.4. The SMILES string of the molecule is Cc1ccc(NCc2ccc(NC(=S)Nc3ccc(CNc4ccc(C)cc4)cc3)cc2)cc1. The molecule has 0 amide bonds. The first-order valence-corrected chi connectivity index (χ1v) is 11.8. The molecule has 0 atom stereocenters. The fourth-order valence-electron chi connectivity index (χ4n) is 3.46. The van der Waals surface area contributed by atoms with Crippen molar-refractivity contribution < 1.29 is 0 Å². The molecular weight excluding hydrogens is 436 g/mol. The van der Waals surface area contributed by atoms with Gasteiger partial charge in [-0.2, -0.15) is 0 Å². The third-order valence-electron chi connectivity index (χ3n) is 5.52. The van der Waals surface area contributed by atoms with Crippen LogP contribution in [0.25, 0.3) is 0 Å². The molecule has 5 heteroatoms. The Labute approximate surface area is 207 Å². The van der Waals surface area contributed by atoms with E-state index >= 15 is 0 Å². The zero-order chi connectivity index (χ0) is 23.8. The molecule has 0 radical (unpaired) electrons. The van der Waals surface area contributed by atoms with Crippen LogP contribution in [-0.4, -0.2) is 5.11 Å². The molecule has 0 aliphatic carbocycles. The molecule has 0 heterocycles. The number of hydrogen-bond acceptors (Lipinski definition) is 3. The maximum absolute atomic E-state index is 5.49. The van der Waals surface area contributed by atoms with Crippen molar-refractivity contribution in [1.82, 2.24) is 0 Å². The summed E-state index contributed by atoms with van der Waals surface area (Å²) in [6, 6.07) is 33.4. The lowest BCUT2D eigenvalue weighted by atomic mass is 10.2. The van der Waals surface area contributed by atoms with E-state index in [1.807, 2.05) is 24.3 Å². The van der Waals surface area contributed by atoms with Crippen LogP contribution in [0.1, 0.15) is 22.3 Å². The first-order valence-electron chi connectivity index (χ1n) is 11.4. The van der Waals surface area contributed by atoms with E-state index < -0.39 is 0 Å². The van der Waals surface area contributed by atoms with Gasteiger partial charge in [-0.15, -0.1) is 0 Å². The van der Waals surface area contributed by atoms with Crippen LogP contribution in [0.3, 0.4) is 0 Å². The molecule has 0 saturated heterocycles. The third kappa shape index (κ3) is 7.09. The quantitative estimate of drug-likeness (QED) is 0.205. The number of hydrogen-bond donors (Lipinski definition) is 4. The largest absolute Gasteiger partial charge is 0.381 e. The average Bonchev–Trinajstić information content (AvgIpc) is 2.85. The first kappa shape index (κ1) is 23.3. The molecule has 34 heavy (non-hydrogen) atoms. The van der Waals surface area contributed by atoms with Crippen LogP contribution < -0.4 is 21.3 Å². The maximum Gasteiger partial charge on any atom is 0.175 e. The Morgan fingerprint density at radius 1 is 0.500 bits per heavy atom. The van der Waals surface area contributed by atoms with E-state index in [2.05, 4.69) is 108 Å². The van der Waals surface area contributed by atoms with E-state index in [1.165, 1.54) is 22.3 Å². The lowest BCUT2D eigenvalue weighted by molar-refractivity contribution is 1.15. The standard InChI is InChI=1S/C29H30N4S/c1-21-3-11-25(12-4-21)30-19-23-7-15-27(16-8-23)32-29(34)33-28-17-9-24(10-18-28)20-31-26-13-5-22(2)6-14-26/h3-18,30-31H,19-20H2,1-2H3,(H2,32,33,34). The van der Waals surface area contributed by atoms with Crippen molar-refractivity contribution in [1.29, 1.82) is 0 Å². The summed E-state index contributed by atoms with van der Waals surface area (Å²) < 4.78 is 0. The summed E-state index contributed by atoms with van der Waals surface area (Å²) in [7, 11) is 0. The molecule has 4 nitrogen and oxygen atoms in total. The molecule has 4 aromatic carbocycles. The molecule has 0 aliphatic rings. The molecule has 0 fully saturated rings. The van der Waals surface area contributed by atoms with Gasteiger partial charge in [0.25, 0.3) is 0 Å². The van der Waals surface area contributed by atoms with Gasteiger partial charge in [-0.3, -0.25) is 0 Å². The minimum atomic E-state index is 0.566. The maximum atomic E-state index is 5.49. The molecule has 0 aliphatic heterocycles. The minimum Gasteiger partial charge on any atom is -0.381 e. The summed E-state index contributed by atoms with van der Waals surface area (Å²) >= 11 is 5.49. The zero-order valence-corrected chi connectivity index (χ0v) is 20.4. The highest BCUT2D eigenvalue weighted by Crippen LogP contribution is 2.16. The fourth-order valence-corrected chi connectivity index (χ4v) is 3.69. The Morgan fingerprint density at radius 2 is 0.824 bits per heavy atom. The Hall–Kier alpha value is -3.83. The van der Waals surface area contributed by atoms with E-state index in [9.17, 15) is 0 Å². The predicted molar refractivity (Wildman–Crippen MR) is 150 cm³/mol. The van der Waals surface area contributed by atoms with Crippen LogP contribution in [0, 0.1) is 13.8 Å². The Morgan fingerprint density at radius 3 is 1.18 bits per heavy atom.